The molecule has 2 N–H and O–H groups in total. The highest BCUT2D eigenvalue weighted by molar-refractivity contribution is 7.90. The summed E-state index contributed by atoms with van der Waals surface area (Å²) in [6, 6.07) is 11.9. The van der Waals surface area contributed by atoms with Crippen LogP contribution in [-0.2, 0) is 10.0 Å². The average Bonchev–Trinajstić information content (AvgIpc) is 2.92. The van der Waals surface area contributed by atoms with Crippen LogP contribution in [0.4, 0.5) is 5.69 Å². The lowest BCUT2D eigenvalue weighted by atomic mass is 10.1. The van der Waals surface area contributed by atoms with Crippen LogP contribution >= 0.6 is 0 Å². The van der Waals surface area contributed by atoms with Crippen LogP contribution in [0.5, 0.6) is 0 Å². The summed E-state index contributed by atoms with van der Waals surface area (Å²) in [7, 11) is -3.75. The SMILES string of the molecule is Cc1ccc(C)c(C(=O)Nc2cccc(S(=O)(=O)NC3=NCCCCC3)c2)c1. The lowest BCUT2D eigenvalue weighted by Crippen LogP contribution is -2.30. The molecule has 28 heavy (non-hydrogen) atoms. The molecule has 3 rings (SSSR count). The molecule has 0 spiro atoms. The van der Waals surface area contributed by atoms with E-state index < -0.39 is 10.0 Å². The van der Waals surface area contributed by atoms with Gasteiger partial charge in [0.2, 0.25) is 0 Å². The second kappa shape index (κ2) is 8.56. The quantitative estimate of drug-likeness (QED) is 0.819. The third-order valence-corrected chi connectivity index (χ3v) is 6.05. The number of aliphatic imine (C=N–C) groups is 1. The molecule has 0 unspecified atom stereocenters. The zero-order valence-corrected chi connectivity index (χ0v) is 17.0. The number of anilines is 1. The van der Waals surface area contributed by atoms with Crippen LogP contribution in [0.3, 0.4) is 0 Å². The molecule has 1 aliphatic heterocycles. The van der Waals surface area contributed by atoms with Gasteiger partial charge in [0.05, 0.1) is 4.90 Å². The van der Waals surface area contributed by atoms with Crippen LogP contribution in [-0.4, -0.2) is 26.7 Å². The van der Waals surface area contributed by atoms with E-state index in [2.05, 4.69) is 15.0 Å². The smallest absolute Gasteiger partial charge is 0.262 e. The number of nitrogens with zero attached hydrogens (tertiary/aromatic N) is 1. The monoisotopic (exact) mass is 399 g/mol. The third kappa shape index (κ3) is 4.98. The van der Waals surface area contributed by atoms with Gasteiger partial charge in [0.1, 0.15) is 5.84 Å². The molecule has 7 heteroatoms. The van der Waals surface area contributed by atoms with Crippen molar-refractivity contribution in [1.82, 2.24) is 4.72 Å². The Labute approximate surface area is 166 Å². The van der Waals surface area contributed by atoms with Crippen molar-refractivity contribution in [2.75, 3.05) is 11.9 Å². The second-order valence-corrected chi connectivity index (χ2v) is 8.73. The number of carbonyl (C=O) groups is 1. The van der Waals surface area contributed by atoms with Crippen LogP contribution in [0.15, 0.2) is 52.4 Å². The maximum atomic E-state index is 12.7. The molecule has 2 aromatic rings. The van der Waals surface area contributed by atoms with Crippen LogP contribution in [0.2, 0.25) is 0 Å². The highest BCUT2D eigenvalue weighted by Crippen LogP contribution is 2.19. The number of nitrogens with one attached hydrogen (secondary N) is 2. The van der Waals surface area contributed by atoms with Crippen molar-refractivity contribution in [3.63, 3.8) is 0 Å². The van der Waals surface area contributed by atoms with Crippen LogP contribution in [0.25, 0.3) is 0 Å². The molecular formula is C21H25N3O3S. The molecule has 2 aromatic carbocycles. The third-order valence-electron chi connectivity index (χ3n) is 4.67. The number of hydrogen-bond acceptors (Lipinski definition) is 4. The Morgan fingerprint density at radius 3 is 2.68 bits per heavy atom. The normalized spacial score (nSPS) is 14.7. The minimum absolute atomic E-state index is 0.0956. The first-order chi connectivity index (χ1) is 13.3. The summed E-state index contributed by atoms with van der Waals surface area (Å²) in [6.45, 7) is 4.43. The number of amidine groups is 1. The predicted octanol–water partition coefficient (Wildman–Crippen LogP) is 3.81. The van der Waals surface area contributed by atoms with Gasteiger partial charge in [-0.15, -0.1) is 0 Å². The van der Waals surface area contributed by atoms with Gasteiger partial charge in [0.15, 0.2) is 0 Å². The van der Waals surface area contributed by atoms with E-state index in [1.165, 1.54) is 12.1 Å². The maximum Gasteiger partial charge on any atom is 0.262 e. The average molecular weight is 400 g/mol. The number of carbonyl (C=O) groups excluding carboxylic acids is 1. The van der Waals surface area contributed by atoms with Gasteiger partial charge in [-0.2, -0.15) is 0 Å². The van der Waals surface area contributed by atoms with E-state index in [0.717, 1.165) is 30.4 Å². The maximum absolute atomic E-state index is 12.7. The van der Waals surface area contributed by atoms with Gasteiger partial charge in [-0.05, 0) is 56.5 Å². The van der Waals surface area contributed by atoms with E-state index in [1.807, 2.05) is 32.0 Å². The van der Waals surface area contributed by atoms with Gasteiger partial charge >= 0.3 is 0 Å². The summed E-state index contributed by atoms with van der Waals surface area (Å²) in [5, 5.41) is 2.79. The summed E-state index contributed by atoms with van der Waals surface area (Å²) in [6.07, 6.45) is 3.58. The molecule has 0 fully saturated rings. The summed E-state index contributed by atoms with van der Waals surface area (Å²) in [5.74, 6) is 0.235. The fourth-order valence-corrected chi connectivity index (χ4v) is 4.23. The van der Waals surface area contributed by atoms with Crippen molar-refractivity contribution >= 4 is 27.5 Å². The van der Waals surface area contributed by atoms with E-state index in [-0.39, 0.29) is 10.8 Å². The summed E-state index contributed by atoms with van der Waals surface area (Å²) in [5.41, 5.74) is 2.84. The van der Waals surface area contributed by atoms with E-state index in [0.29, 0.717) is 30.1 Å². The molecule has 1 amide bonds. The zero-order valence-electron chi connectivity index (χ0n) is 16.2. The molecule has 0 saturated heterocycles. The van der Waals surface area contributed by atoms with Crippen LogP contribution in [0.1, 0.15) is 47.2 Å². The van der Waals surface area contributed by atoms with Crippen molar-refractivity contribution in [2.24, 2.45) is 4.99 Å². The number of hydrogen-bond donors (Lipinski definition) is 2. The number of sulfonamides is 1. The summed E-state index contributed by atoms with van der Waals surface area (Å²) >= 11 is 0. The van der Waals surface area contributed by atoms with E-state index >= 15 is 0 Å². The largest absolute Gasteiger partial charge is 0.322 e. The first-order valence-electron chi connectivity index (χ1n) is 9.40. The molecule has 0 aliphatic carbocycles. The molecule has 0 aromatic heterocycles. The Bertz CT molecular complexity index is 1010. The Kier molecular flexibility index (Phi) is 6.14. The van der Waals surface area contributed by atoms with Crippen LogP contribution in [0, 0.1) is 13.8 Å². The lowest BCUT2D eigenvalue weighted by Gasteiger charge is -2.12. The molecule has 0 radical (unpaired) electrons. The van der Waals surface area contributed by atoms with Crippen LogP contribution < -0.4 is 10.0 Å². The number of aryl methyl sites for hydroxylation is 2. The Morgan fingerprint density at radius 1 is 1.04 bits per heavy atom. The van der Waals surface area contributed by atoms with E-state index in [9.17, 15) is 13.2 Å². The fraction of sp³-hybridized carbons (Fsp3) is 0.333. The molecule has 0 atom stereocenters. The Morgan fingerprint density at radius 2 is 1.86 bits per heavy atom. The van der Waals surface area contributed by atoms with Gasteiger partial charge < -0.3 is 5.32 Å². The number of benzene rings is 2. The Balaban J connectivity index is 1.78. The standard InChI is InChI=1S/C21H25N3O3S/c1-15-10-11-16(2)19(13-15)21(25)23-17-7-6-8-18(14-17)28(26,27)24-20-9-4-3-5-12-22-20/h6-8,10-11,13-14H,3-5,9,12H2,1-2H3,(H,22,24)(H,23,25). The molecular weight excluding hydrogens is 374 g/mol. The number of rotatable bonds is 4. The summed E-state index contributed by atoms with van der Waals surface area (Å²) in [4.78, 5) is 17.0. The van der Waals surface area contributed by atoms with Gasteiger partial charge in [-0.25, -0.2) is 8.42 Å². The van der Waals surface area contributed by atoms with Gasteiger partial charge in [0, 0.05) is 24.2 Å². The first kappa shape index (κ1) is 20.1. The molecule has 0 saturated carbocycles. The van der Waals surface area contributed by atoms with Crippen molar-refractivity contribution in [3.8, 4) is 0 Å². The molecule has 1 aliphatic rings. The van der Waals surface area contributed by atoms with Crippen molar-refractivity contribution in [2.45, 2.75) is 44.4 Å². The molecule has 1 heterocycles. The van der Waals surface area contributed by atoms with Crippen molar-refractivity contribution in [3.05, 3.63) is 59.2 Å². The highest BCUT2D eigenvalue weighted by Gasteiger charge is 2.18. The van der Waals surface area contributed by atoms with Gasteiger partial charge in [0.25, 0.3) is 15.9 Å². The minimum Gasteiger partial charge on any atom is -0.322 e. The first-order valence-corrected chi connectivity index (χ1v) is 10.9. The lowest BCUT2D eigenvalue weighted by molar-refractivity contribution is 0.102. The van der Waals surface area contributed by atoms with E-state index in [1.54, 1.807) is 12.1 Å². The van der Waals surface area contributed by atoms with Gasteiger partial charge in [-0.1, -0.05) is 30.2 Å². The van der Waals surface area contributed by atoms with Gasteiger partial charge in [-0.3, -0.25) is 14.5 Å². The molecule has 6 nitrogen and oxygen atoms in total. The zero-order chi connectivity index (χ0) is 20.1. The summed E-state index contributed by atoms with van der Waals surface area (Å²) < 4.78 is 28.0. The fourth-order valence-electron chi connectivity index (χ4n) is 3.09. The number of amides is 1. The van der Waals surface area contributed by atoms with Crippen molar-refractivity contribution in [1.29, 1.82) is 0 Å². The predicted molar refractivity (Wildman–Crippen MR) is 111 cm³/mol. The highest BCUT2D eigenvalue weighted by atomic mass is 32.2. The second-order valence-electron chi connectivity index (χ2n) is 7.04. The minimum atomic E-state index is -3.75. The topological polar surface area (TPSA) is 87.6 Å². The molecule has 0 bridgehead atoms. The molecule has 148 valence electrons. The Hall–Kier alpha value is -2.67. The van der Waals surface area contributed by atoms with E-state index in [4.69, 9.17) is 0 Å². The van der Waals surface area contributed by atoms with Crippen molar-refractivity contribution < 1.29 is 13.2 Å².